The highest BCUT2D eigenvalue weighted by Gasteiger charge is 2.42. The monoisotopic (exact) mass is 306 g/mol. The Bertz CT molecular complexity index is 353. The van der Waals surface area contributed by atoms with Gasteiger partial charge in [-0.1, -0.05) is 6.42 Å². The molecule has 0 radical (unpaired) electrons. The van der Waals surface area contributed by atoms with Gasteiger partial charge in [0, 0.05) is 19.1 Å². The summed E-state index contributed by atoms with van der Waals surface area (Å²) in [6.45, 7) is 3.33. The molecule has 3 atom stereocenters. The zero-order valence-electron chi connectivity index (χ0n) is 12.6. The highest BCUT2D eigenvalue weighted by atomic mass is 19.4. The van der Waals surface area contributed by atoms with Gasteiger partial charge in [-0.15, -0.1) is 0 Å². The first-order chi connectivity index (χ1) is 9.88. The summed E-state index contributed by atoms with van der Waals surface area (Å²) in [5.41, 5.74) is 0. The first kappa shape index (κ1) is 16.6. The molecule has 1 aliphatic carbocycles. The van der Waals surface area contributed by atoms with E-state index in [0.29, 0.717) is 6.42 Å². The van der Waals surface area contributed by atoms with Gasteiger partial charge in [0.2, 0.25) is 5.91 Å². The standard InChI is InChI=1S/C15H25F3N2O/c1-11(14(21)20-8-3-2-4-9-20)19-13-7-5-6-12(10-13)15(16,17)18/h11-13,19H,2-10H2,1H3. The fourth-order valence-corrected chi connectivity index (χ4v) is 3.45. The Labute approximate surface area is 124 Å². The lowest BCUT2D eigenvalue weighted by molar-refractivity contribution is -0.183. The molecule has 0 aromatic rings. The maximum absolute atomic E-state index is 12.8. The Morgan fingerprint density at radius 1 is 1.14 bits per heavy atom. The van der Waals surface area contributed by atoms with Crippen LogP contribution in [0.15, 0.2) is 0 Å². The molecule has 1 aliphatic heterocycles. The van der Waals surface area contributed by atoms with Crippen LogP contribution in [0.2, 0.25) is 0 Å². The molecule has 1 N–H and O–H groups in total. The molecule has 2 aliphatic rings. The van der Waals surface area contributed by atoms with Crippen molar-refractivity contribution in [1.82, 2.24) is 10.2 Å². The number of hydrogen-bond donors (Lipinski definition) is 1. The summed E-state index contributed by atoms with van der Waals surface area (Å²) >= 11 is 0. The van der Waals surface area contributed by atoms with Gasteiger partial charge in [0.05, 0.1) is 12.0 Å². The predicted molar refractivity (Wildman–Crippen MR) is 74.8 cm³/mol. The SMILES string of the molecule is CC(NC1CCCC(C(F)(F)F)C1)C(=O)N1CCCCC1. The number of nitrogens with zero attached hydrogens (tertiary/aromatic N) is 1. The summed E-state index contributed by atoms with van der Waals surface area (Å²) in [7, 11) is 0. The highest BCUT2D eigenvalue weighted by Crippen LogP contribution is 2.37. The Morgan fingerprint density at radius 3 is 2.43 bits per heavy atom. The molecule has 3 nitrogen and oxygen atoms in total. The Hall–Kier alpha value is -0.780. The number of carbonyl (C=O) groups is 1. The second-order valence-electron chi connectivity index (χ2n) is 6.38. The van der Waals surface area contributed by atoms with Gasteiger partial charge in [-0.05, 0) is 45.4 Å². The van der Waals surface area contributed by atoms with E-state index in [1.54, 1.807) is 6.92 Å². The van der Waals surface area contributed by atoms with Crippen LogP contribution in [0, 0.1) is 5.92 Å². The minimum atomic E-state index is -4.11. The summed E-state index contributed by atoms with van der Waals surface area (Å²) in [6, 6.07) is -0.589. The van der Waals surface area contributed by atoms with Crippen molar-refractivity contribution in [3.63, 3.8) is 0 Å². The minimum Gasteiger partial charge on any atom is -0.341 e. The Balaban J connectivity index is 1.84. The van der Waals surface area contributed by atoms with Crippen LogP contribution in [0.25, 0.3) is 0 Å². The van der Waals surface area contributed by atoms with E-state index >= 15 is 0 Å². The molecule has 122 valence electrons. The third kappa shape index (κ3) is 4.59. The van der Waals surface area contributed by atoms with Gasteiger partial charge in [-0.2, -0.15) is 13.2 Å². The summed E-state index contributed by atoms with van der Waals surface area (Å²) in [5, 5.41) is 3.13. The van der Waals surface area contributed by atoms with E-state index in [1.807, 2.05) is 4.90 Å². The normalized spacial score (nSPS) is 29.2. The topological polar surface area (TPSA) is 32.3 Å². The molecule has 1 saturated carbocycles. The van der Waals surface area contributed by atoms with Gasteiger partial charge in [-0.3, -0.25) is 4.79 Å². The number of halogens is 3. The van der Waals surface area contributed by atoms with Gasteiger partial charge < -0.3 is 10.2 Å². The van der Waals surface area contributed by atoms with Gasteiger partial charge in [0.15, 0.2) is 0 Å². The number of piperidine rings is 1. The molecule has 0 spiro atoms. The van der Waals surface area contributed by atoms with Crippen LogP contribution in [0.3, 0.4) is 0 Å². The number of likely N-dealkylation sites (tertiary alicyclic amines) is 1. The van der Waals surface area contributed by atoms with Crippen molar-refractivity contribution in [2.75, 3.05) is 13.1 Å². The number of nitrogens with one attached hydrogen (secondary N) is 1. The second kappa shape index (κ2) is 6.99. The average Bonchev–Trinajstić information content (AvgIpc) is 2.47. The van der Waals surface area contributed by atoms with E-state index in [2.05, 4.69) is 5.32 Å². The maximum atomic E-state index is 12.8. The van der Waals surface area contributed by atoms with Crippen molar-refractivity contribution in [3.8, 4) is 0 Å². The fourth-order valence-electron chi connectivity index (χ4n) is 3.45. The average molecular weight is 306 g/mol. The number of rotatable bonds is 3. The number of hydrogen-bond acceptors (Lipinski definition) is 2. The van der Waals surface area contributed by atoms with Gasteiger partial charge >= 0.3 is 6.18 Å². The Morgan fingerprint density at radius 2 is 1.81 bits per heavy atom. The molecule has 21 heavy (non-hydrogen) atoms. The first-order valence-corrected chi connectivity index (χ1v) is 7.99. The largest absolute Gasteiger partial charge is 0.391 e. The molecule has 2 fully saturated rings. The molecule has 1 amide bonds. The molecule has 1 saturated heterocycles. The third-order valence-corrected chi connectivity index (χ3v) is 4.66. The van der Waals surface area contributed by atoms with Crippen LogP contribution < -0.4 is 5.32 Å². The fraction of sp³-hybridized carbons (Fsp3) is 0.933. The highest BCUT2D eigenvalue weighted by molar-refractivity contribution is 5.81. The summed E-state index contributed by atoms with van der Waals surface area (Å²) < 4.78 is 38.4. The molecular formula is C15H25F3N2O. The van der Waals surface area contributed by atoms with Crippen molar-refractivity contribution >= 4 is 5.91 Å². The van der Waals surface area contributed by atoms with Crippen LogP contribution in [-0.2, 0) is 4.79 Å². The Kier molecular flexibility index (Phi) is 5.52. The molecule has 3 unspecified atom stereocenters. The molecule has 0 aromatic heterocycles. The number of amides is 1. The second-order valence-corrected chi connectivity index (χ2v) is 6.38. The van der Waals surface area contributed by atoms with Crippen molar-refractivity contribution in [1.29, 1.82) is 0 Å². The van der Waals surface area contributed by atoms with E-state index in [9.17, 15) is 18.0 Å². The number of carbonyl (C=O) groups excluding carboxylic acids is 1. The first-order valence-electron chi connectivity index (χ1n) is 7.99. The summed E-state index contributed by atoms with van der Waals surface area (Å²) in [4.78, 5) is 14.1. The zero-order valence-corrected chi connectivity index (χ0v) is 12.6. The molecule has 0 bridgehead atoms. The van der Waals surface area contributed by atoms with E-state index in [-0.39, 0.29) is 30.8 Å². The molecule has 6 heteroatoms. The van der Waals surface area contributed by atoms with E-state index in [1.165, 1.54) is 0 Å². The number of alkyl halides is 3. The van der Waals surface area contributed by atoms with Crippen molar-refractivity contribution < 1.29 is 18.0 Å². The van der Waals surface area contributed by atoms with Crippen LogP contribution in [0.1, 0.15) is 51.9 Å². The molecule has 0 aromatic carbocycles. The van der Waals surface area contributed by atoms with Crippen molar-refractivity contribution in [2.45, 2.75) is 70.1 Å². The van der Waals surface area contributed by atoms with Gasteiger partial charge in [0.1, 0.15) is 0 Å². The van der Waals surface area contributed by atoms with Crippen LogP contribution >= 0.6 is 0 Å². The quantitative estimate of drug-likeness (QED) is 0.869. The van der Waals surface area contributed by atoms with Crippen molar-refractivity contribution in [3.05, 3.63) is 0 Å². The van der Waals surface area contributed by atoms with Crippen molar-refractivity contribution in [2.24, 2.45) is 5.92 Å². The molecule has 2 rings (SSSR count). The van der Waals surface area contributed by atoms with Crippen LogP contribution in [0.4, 0.5) is 13.2 Å². The summed E-state index contributed by atoms with van der Waals surface area (Å²) in [5.74, 6) is -1.19. The van der Waals surface area contributed by atoms with Crippen LogP contribution in [-0.4, -0.2) is 42.2 Å². The summed E-state index contributed by atoms with van der Waals surface area (Å²) in [6.07, 6.45) is 0.714. The van der Waals surface area contributed by atoms with Crippen LogP contribution in [0.5, 0.6) is 0 Å². The lowest BCUT2D eigenvalue weighted by Crippen LogP contribution is -2.51. The van der Waals surface area contributed by atoms with Gasteiger partial charge in [0.25, 0.3) is 0 Å². The van der Waals surface area contributed by atoms with E-state index in [4.69, 9.17) is 0 Å². The lowest BCUT2D eigenvalue weighted by atomic mass is 9.85. The molecule has 1 heterocycles. The predicted octanol–water partition coefficient (Wildman–Crippen LogP) is 3.10. The molecular weight excluding hydrogens is 281 g/mol. The lowest BCUT2D eigenvalue weighted by Gasteiger charge is -2.34. The maximum Gasteiger partial charge on any atom is 0.391 e. The van der Waals surface area contributed by atoms with E-state index < -0.39 is 12.1 Å². The third-order valence-electron chi connectivity index (χ3n) is 4.66. The minimum absolute atomic E-state index is 0.0313. The zero-order chi connectivity index (χ0) is 15.5. The van der Waals surface area contributed by atoms with E-state index in [0.717, 1.165) is 38.8 Å². The smallest absolute Gasteiger partial charge is 0.341 e. The van der Waals surface area contributed by atoms with Gasteiger partial charge in [-0.25, -0.2) is 0 Å².